The van der Waals surface area contributed by atoms with E-state index in [0.717, 1.165) is 6.42 Å². The molecule has 0 radical (unpaired) electrons. The van der Waals surface area contributed by atoms with Crippen LogP contribution in [0.1, 0.15) is 25.8 Å². The molecule has 1 saturated carbocycles. The summed E-state index contributed by atoms with van der Waals surface area (Å²) in [6.45, 7) is 3.43. The number of hydrogen-bond acceptors (Lipinski definition) is 5. The van der Waals surface area contributed by atoms with Crippen LogP contribution in [0.3, 0.4) is 0 Å². The number of rotatable bonds is 4. The van der Waals surface area contributed by atoms with Crippen LogP contribution < -0.4 is 10.9 Å². The molecule has 1 aromatic heterocycles. The zero-order valence-corrected chi connectivity index (χ0v) is 12.9. The summed E-state index contributed by atoms with van der Waals surface area (Å²) < 4.78 is 10.5. The van der Waals surface area contributed by atoms with Gasteiger partial charge < -0.3 is 14.5 Å². The third-order valence-electron chi connectivity index (χ3n) is 3.93. The number of fused-ring (bicyclic) bond motifs is 1. The van der Waals surface area contributed by atoms with Gasteiger partial charge in [0.2, 0.25) is 5.91 Å². The fourth-order valence-corrected chi connectivity index (χ4v) is 2.54. The molecule has 1 amide bonds. The van der Waals surface area contributed by atoms with Crippen LogP contribution in [-0.4, -0.2) is 11.9 Å². The molecular formula is C17H17NO5. The number of nitrogens with one attached hydrogen (secondary N) is 1. The van der Waals surface area contributed by atoms with Gasteiger partial charge in [0, 0.05) is 35.7 Å². The lowest BCUT2D eigenvalue weighted by Crippen LogP contribution is -2.10. The molecule has 0 bridgehead atoms. The number of hydrogen-bond donors (Lipinski definition) is 1. The summed E-state index contributed by atoms with van der Waals surface area (Å²) in [5.41, 5.74) is 0.944. The van der Waals surface area contributed by atoms with Crippen LogP contribution in [0.15, 0.2) is 33.5 Å². The molecule has 1 aliphatic carbocycles. The van der Waals surface area contributed by atoms with E-state index >= 15 is 0 Å². The quantitative estimate of drug-likeness (QED) is 0.692. The van der Waals surface area contributed by atoms with Gasteiger partial charge in [0.25, 0.3) is 0 Å². The van der Waals surface area contributed by atoms with Crippen molar-refractivity contribution in [2.24, 2.45) is 11.8 Å². The Hall–Kier alpha value is -2.63. The first-order valence-corrected chi connectivity index (χ1v) is 7.45. The molecule has 3 rings (SSSR count). The molecule has 2 aromatic rings. The van der Waals surface area contributed by atoms with Gasteiger partial charge in [-0.3, -0.25) is 9.59 Å². The van der Waals surface area contributed by atoms with Crippen molar-refractivity contribution in [1.29, 1.82) is 0 Å². The lowest BCUT2D eigenvalue weighted by Gasteiger charge is -2.08. The van der Waals surface area contributed by atoms with Crippen LogP contribution in [0.25, 0.3) is 11.0 Å². The van der Waals surface area contributed by atoms with E-state index in [2.05, 4.69) is 5.32 Å². The molecule has 1 aromatic carbocycles. The van der Waals surface area contributed by atoms with E-state index in [9.17, 15) is 14.4 Å². The van der Waals surface area contributed by atoms with Gasteiger partial charge in [-0.05, 0) is 24.5 Å². The van der Waals surface area contributed by atoms with Crippen LogP contribution in [0.4, 0.5) is 5.69 Å². The topological polar surface area (TPSA) is 85.6 Å². The maximum Gasteiger partial charge on any atom is 0.336 e. The minimum absolute atomic E-state index is 0.0206. The molecule has 23 heavy (non-hydrogen) atoms. The number of benzene rings is 1. The largest absolute Gasteiger partial charge is 0.461 e. The highest BCUT2D eigenvalue weighted by Crippen LogP contribution is 2.38. The first-order chi connectivity index (χ1) is 10.9. The van der Waals surface area contributed by atoms with Crippen molar-refractivity contribution >= 4 is 28.5 Å². The number of anilines is 1. The number of ether oxygens (including phenoxy) is 1. The molecule has 2 unspecified atom stereocenters. The second kappa shape index (κ2) is 5.87. The molecule has 0 saturated heterocycles. The van der Waals surface area contributed by atoms with Crippen molar-refractivity contribution in [3.8, 4) is 0 Å². The Morgan fingerprint density at radius 2 is 2.09 bits per heavy atom. The zero-order chi connectivity index (χ0) is 16.6. The maximum absolute atomic E-state index is 11.8. The Labute approximate surface area is 132 Å². The monoisotopic (exact) mass is 315 g/mol. The van der Waals surface area contributed by atoms with Crippen molar-refractivity contribution in [2.45, 2.75) is 26.9 Å². The SMILES string of the molecule is CC(=O)Nc1ccc2c(COC(=O)C3CC3C)cc(=O)oc2c1. The lowest BCUT2D eigenvalue weighted by molar-refractivity contribution is -0.146. The first kappa shape index (κ1) is 15.3. The lowest BCUT2D eigenvalue weighted by atomic mass is 10.1. The van der Waals surface area contributed by atoms with Gasteiger partial charge >= 0.3 is 11.6 Å². The predicted octanol–water partition coefficient (Wildman–Crippen LogP) is 2.45. The summed E-state index contributed by atoms with van der Waals surface area (Å²) in [6, 6.07) is 6.33. The highest BCUT2D eigenvalue weighted by molar-refractivity contribution is 5.92. The summed E-state index contributed by atoms with van der Waals surface area (Å²) in [6.07, 6.45) is 0.858. The van der Waals surface area contributed by atoms with E-state index in [0.29, 0.717) is 28.1 Å². The van der Waals surface area contributed by atoms with Crippen molar-refractivity contribution in [3.05, 3.63) is 40.2 Å². The van der Waals surface area contributed by atoms with E-state index in [4.69, 9.17) is 9.15 Å². The standard InChI is InChI=1S/C17H17NO5/c1-9-5-14(9)17(21)22-8-11-6-16(20)23-15-7-12(18-10(2)19)3-4-13(11)15/h3-4,6-7,9,14H,5,8H2,1-2H3,(H,18,19). The average molecular weight is 315 g/mol. The van der Waals surface area contributed by atoms with Gasteiger partial charge in [-0.15, -0.1) is 0 Å². The van der Waals surface area contributed by atoms with Gasteiger partial charge in [-0.2, -0.15) is 0 Å². The third kappa shape index (κ3) is 3.41. The van der Waals surface area contributed by atoms with Crippen molar-refractivity contribution in [3.63, 3.8) is 0 Å². The molecule has 0 spiro atoms. The fraction of sp³-hybridized carbons (Fsp3) is 0.353. The fourth-order valence-electron chi connectivity index (χ4n) is 2.54. The van der Waals surface area contributed by atoms with Gasteiger partial charge in [0.05, 0.1) is 5.92 Å². The summed E-state index contributed by atoms with van der Waals surface area (Å²) in [7, 11) is 0. The van der Waals surface area contributed by atoms with Gasteiger partial charge in [-0.25, -0.2) is 4.79 Å². The van der Waals surface area contributed by atoms with E-state index in [-0.39, 0.29) is 24.4 Å². The molecule has 1 fully saturated rings. The number of carbonyl (C=O) groups is 2. The minimum Gasteiger partial charge on any atom is -0.461 e. The van der Waals surface area contributed by atoms with Crippen molar-refractivity contribution in [1.82, 2.24) is 0 Å². The van der Waals surface area contributed by atoms with E-state index in [1.54, 1.807) is 18.2 Å². The Morgan fingerprint density at radius 3 is 2.74 bits per heavy atom. The predicted molar refractivity (Wildman–Crippen MR) is 83.9 cm³/mol. The summed E-state index contributed by atoms with van der Waals surface area (Å²) in [5, 5.41) is 3.30. The highest BCUT2D eigenvalue weighted by Gasteiger charge is 2.40. The Morgan fingerprint density at radius 1 is 1.35 bits per heavy atom. The van der Waals surface area contributed by atoms with Gasteiger partial charge in [0.15, 0.2) is 0 Å². The molecule has 1 N–H and O–H groups in total. The molecule has 120 valence electrons. The third-order valence-corrected chi connectivity index (χ3v) is 3.93. The Balaban J connectivity index is 1.85. The van der Waals surface area contributed by atoms with E-state index in [1.165, 1.54) is 13.0 Å². The molecule has 1 heterocycles. The molecule has 6 nitrogen and oxygen atoms in total. The minimum atomic E-state index is -0.525. The molecule has 1 aliphatic rings. The average Bonchev–Trinajstić information content (AvgIpc) is 3.20. The van der Waals surface area contributed by atoms with Crippen LogP contribution in [0.2, 0.25) is 0 Å². The van der Waals surface area contributed by atoms with Crippen LogP contribution in [-0.2, 0) is 20.9 Å². The van der Waals surface area contributed by atoms with Gasteiger partial charge in [-0.1, -0.05) is 6.92 Å². The number of esters is 1. The number of carbonyl (C=O) groups excluding carboxylic acids is 2. The molecule has 2 atom stereocenters. The zero-order valence-electron chi connectivity index (χ0n) is 12.9. The second-order valence-corrected chi connectivity index (χ2v) is 5.91. The summed E-state index contributed by atoms with van der Waals surface area (Å²) >= 11 is 0. The highest BCUT2D eigenvalue weighted by atomic mass is 16.5. The molecule has 6 heteroatoms. The van der Waals surface area contributed by atoms with Gasteiger partial charge in [0.1, 0.15) is 12.2 Å². The van der Waals surface area contributed by atoms with Crippen molar-refractivity contribution in [2.75, 3.05) is 5.32 Å². The van der Waals surface area contributed by atoms with E-state index in [1.807, 2.05) is 6.92 Å². The second-order valence-electron chi connectivity index (χ2n) is 5.91. The van der Waals surface area contributed by atoms with Crippen LogP contribution >= 0.6 is 0 Å². The van der Waals surface area contributed by atoms with E-state index < -0.39 is 5.63 Å². The normalized spacial score (nSPS) is 19.4. The Bertz CT molecular complexity index is 838. The summed E-state index contributed by atoms with van der Waals surface area (Å²) in [5.74, 6) is -0.0860. The maximum atomic E-state index is 11.8. The molecule has 0 aliphatic heterocycles. The summed E-state index contributed by atoms with van der Waals surface area (Å²) in [4.78, 5) is 34.6. The first-order valence-electron chi connectivity index (χ1n) is 7.45. The van der Waals surface area contributed by atoms with Crippen LogP contribution in [0.5, 0.6) is 0 Å². The Kier molecular flexibility index (Phi) is 3.90. The molecular weight excluding hydrogens is 298 g/mol. The smallest absolute Gasteiger partial charge is 0.336 e. The van der Waals surface area contributed by atoms with Crippen molar-refractivity contribution < 1.29 is 18.7 Å². The number of amides is 1. The van der Waals surface area contributed by atoms with Crippen LogP contribution in [0, 0.1) is 11.8 Å².